The van der Waals surface area contributed by atoms with Gasteiger partial charge in [-0.2, -0.15) is 0 Å². The summed E-state index contributed by atoms with van der Waals surface area (Å²) in [6.45, 7) is 15.0. The van der Waals surface area contributed by atoms with E-state index in [9.17, 15) is 0 Å². The summed E-state index contributed by atoms with van der Waals surface area (Å²) in [5.74, 6) is 0.654. The molecule has 0 amide bonds. The Morgan fingerprint density at radius 2 is 1.80 bits per heavy atom. The van der Waals surface area contributed by atoms with Crippen molar-refractivity contribution in [3.05, 3.63) is 0 Å². The monoisotopic (exact) mass is 215 g/mol. The van der Waals surface area contributed by atoms with Gasteiger partial charge in [-0.3, -0.25) is 0 Å². The Kier molecular flexibility index (Phi) is 7.20. The fourth-order valence-corrected chi connectivity index (χ4v) is 2.22. The summed E-state index contributed by atoms with van der Waals surface area (Å²) in [5.41, 5.74) is -0.0276. The van der Waals surface area contributed by atoms with E-state index in [1.54, 1.807) is 0 Å². The number of hydrogen-bond acceptors (Lipinski definition) is 2. The van der Waals surface area contributed by atoms with E-state index in [1.165, 1.54) is 6.42 Å². The first-order valence-electron chi connectivity index (χ1n) is 6.42. The van der Waals surface area contributed by atoms with Crippen molar-refractivity contribution in [2.24, 2.45) is 5.92 Å². The zero-order valence-electron chi connectivity index (χ0n) is 11.4. The van der Waals surface area contributed by atoms with Gasteiger partial charge in [0.15, 0.2) is 0 Å². The molecule has 1 N–H and O–H groups in total. The van der Waals surface area contributed by atoms with Crippen LogP contribution in [0.2, 0.25) is 0 Å². The van der Waals surface area contributed by atoms with Crippen LogP contribution in [0.4, 0.5) is 0 Å². The van der Waals surface area contributed by atoms with Crippen molar-refractivity contribution < 1.29 is 4.74 Å². The van der Waals surface area contributed by atoms with Crippen LogP contribution >= 0.6 is 0 Å². The van der Waals surface area contributed by atoms with Gasteiger partial charge in [0.1, 0.15) is 0 Å². The first-order chi connectivity index (χ1) is 7.05. The summed E-state index contributed by atoms with van der Waals surface area (Å²) in [5, 5.41) is 3.58. The molecule has 0 aliphatic heterocycles. The molecule has 0 heterocycles. The first kappa shape index (κ1) is 14.9. The largest absolute Gasteiger partial charge is 0.374 e. The van der Waals surface area contributed by atoms with Crippen LogP contribution in [0.3, 0.4) is 0 Å². The van der Waals surface area contributed by atoms with Gasteiger partial charge >= 0.3 is 0 Å². The average Bonchev–Trinajstić information content (AvgIpc) is 2.25. The van der Waals surface area contributed by atoms with Gasteiger partial charge < -0.3 is 10.1 Å². The van der Waals surface area contributed by atoms with Gasteiger partial charge in [0, 0.05) is 12.6 Å². The molecule has 0 aliphatic rings. The van der Waals surface area contributed by atoms with Crippen LogP contribution in [0.5, 0.6) is 0 Å². The summed E-state index contributed by atoms with van der Waals surface area (Å²) in [4.78, 5) is 0. The molecule has 0 spiro atoms. The molecular formula is C13H29NO. The van der Waals surface area contributed by atoms with Crippen LogP contribution in [-0.2, 0) is 4.74 Å². The molecule has 2 nitrogen and oxygen atoms in total. The Bertz CT molecular complexity index is 161. The van der Waals surface area contributed by atoms with E-state index >= 15 is 0 Å². The number of nitrogens with one attached hydrogen (secondary N) is 1. The molecule has 0 aromatic rings. The number of hydrogen-bond donors (Lipinski definition) is 1. The quantitative estimate of drug-likeness (QED) is 0.671. The Labute approximate surface area is 95.8 Å². The molecule has 0 saturated carbocycles. The van der Waals surface area contributed by atoms with Gasteiger partial charge in [-0.05, 0) is 32.7 Å². The first-order valence-corrected chi connectivity index (χ1v) is 6.42. The van der Waals surface area contributed by atoms with E-state index in [4.69, 9.17) is 4.74 Å². The van der Waals surface area contributed by atoms with Gasteiger partial charge in [0.05, 0.1) is 5.60 Å². The highest BCUT2D eigenvalue weighted by Crippen LogP contribution is 2.26. The summed E-state index contributed by atoms with van der Waals surface area (Å²) in [6, 6.07) is 0.456. The molecular weight excluding hydrogens is 186 g/mol. The van der Waals surface area contributed by atoms with Crippen LogP contribution in [0.1, 0.15) is 54.4 Å². The van der Waals surface area contributed by atoms with Gasteiger partial charge in [0.25, 0.3) is 0 Å². The molecule has 15 heavy (non-hydrogen) atoms. The van der Waals surface area contributed by atoms with Crippen LogP contribution in [0, 0.1) is 5.92 Å². The molecule has 3 atom stereocenters. The SMILES string of the molecule is CCNC(C(C)CC)C(C)(CC)OCC. The second-order valence-electron chi connectivity index (χ2n) is 4.52. The van der Waals surface area contributed by atoms with E-state index in [2.05, 4.69) is 46.9 Å². The lowest BCUT2D eigenvalue weighted by atomic mass is 9.83. The molecule has 0 aromatic heterocycles. The number of rotatable bonds is 8. The Morgan fingerprint density at radius 3 is 2.13 bits per heavy atom. The van der Waals surface area contributed by atoms with Crippen molar-refractivity contribution in [1.29, 1.82) is 0 Å². The highest BCUT2D eigenvalue weighted by molar-refractivity contribution is 4.91. The molecule has 0 saturated heterocycles. The second-order valence-corrected chi connectivity index (χ2v) is 4.52. The van der Waals surface area contributed by atoms with Gasteiger partial charge in [-0.1, -0.05) is 34.1 Å². The molecule has 0 radical (unpaired) electrons. The summed E-state index contributed by atoms with van der Waals surface area (Å²) in [6.07, 6.45) is 2.25. The van der Waals surface area contributed by atoms with Crippen molar-refractivity contribution in [3.8, 4) is 0 Å². The summed E-state index contributed by atoms with van der Waals surface area (Å²) in [7, 11) is 0. The minimum atomic E-state index is -0.0276. The fraction of sp³-hybridized carbons (Fsp3) is 1.00. The van der Waals surface area contributed by atoms with E-state index < -0.39 is 0 Å². The summed E-state index contributed by atoms with van der Waals surface area (Å²) >= 11 is 0. The van der Waals surface area contributed by atoms with Crippen LogP contribution in [0.15, 0.2) is 0 Å². The maximum Gasteiger partial charge on any atom is 0.0806 e. The standard InChI is InChI=1S/C13H29NO/c1-7-11(5)12(14-9-3)13(6,8-2)15-10-4/h11-12,14H,7-10H2,1-6H3. The second kappa shape index (κ2) is 7.24. The molecule has 0 fully saturated rings. The van der Waals surface area contributed by atoms with E-state index in [0.29, 0.717) is 12.0 Å². The van der Waals surface area contributed by atoms with Gasteiger partial charge in [0.2, 0.25) is 0 Å². The smallest absolute Gasteiger partial charge is 0.0806 e. The lowest BCUT2D eigenvalue weighted by molar-refractivity contribution is -0.0675. The predicted molar refractivity (Wildman–Crippen MR) is 67.2 cm³/mol. The average molecular weight is 215 g/mol. The fourth-order valence-electron chi connectivity index (χ4n) is 2.22. The molecule has 0 rings (SSSR count). The van der Waals surface area contributed by atoms with Gasteiger partial charge in [-0.25, -0.2) is 0 Å². The highest BCUT2D eigenvalue weighted by atomic mass is 16.5. The van der Waals surface area contributed by atoms with Crippen molar-refractivity contribution in [1.82, 2.24) is 5.32 Å². The van der Waals surface area contributed by atoms with Crippen LogP contribution < -0.4 is 5.32 Å². The van der Waals surface area contributed by atoms with Gasteiger partial charge in [-0.15, -0.1) is 0 Å². The number of ether oxygens (including phenoxy) is 1. The molecule has 0 bridgehead atoms. The van der Waals surface area contributed by atoms with Crippen molar-refractivity contribution in [3.63, 3.8) is 0 Å². The molecule has 2 heteroatoms. The van der Waals surface area contributed by atoms with Crippen molar-refractivity contribution in [2.45, 2.75) is 66.0 Å². The lowest BCUT2D eigenvalue weighted by Gasteiger charge is -2.40. The predicted octanol–water partition coefficient (Wildman–Crippen LogP) is 3.22. The van der Waals surface area contributed by atoms with Crippen LogP contribution in [-0.4, -0.2) is 24.8 Å². The van der Waals surface area contributed by atoms with E-state index in [0.717, 1.165) is 19.6 Å². The van der Waals surface area contributed by atoms with Crippen LogP contribution in [0.25, 0.3) is 0 Å². The Balaban J connectivity index is 4.66. The number of likely N-dealkylation sites (N-methyl/N-ethyl adjacent to an activating group) is 1. The van der Waals surface area contributed by atoms with E-state index in [1.807, 2.05) is 0 Å². The Hall–Kier alpha value is -0.0800. The molecule has 92 valence electrons. The maximum atomic E-state index is 5.95. The lowest BCUT2D eigenvalue weighted by Crippen LogP contribution is -2.53. The third kappa shape index (κ3) is 4.12. The topological polar surface area (TPSA) is 21.3 Å². The zero-order valence-corrected chi connectivity index (χ0v) is 11.4. The van der Waals surface area contributed by atoms with E-state index in [-0.39, 0.29) is 5.60 Å². The maximum absolute atomic E-state index is 5.95. The van der Waals surface area contributed by atoms with Crippen molar-refractivity contribution in [2.75, 3.05) is 13.2 Å². The molecule has 3 unspecified atom stereocenters. The minimum absolute atomic E-state index is 0.0276. The Morgan fingerprint density at radius 1 is 1.20 bits per heavy atom. The molecule has 0 aromatic carbocycles. The third-order valence-corrected chi connectivity index (χ3v) is 3.47. The highest BCUT2D eigenvalue weighted by Gasteiger charge is 2.35. The zero-order chi connectivity index (χ0) is 11.9. The van der Waals surface area contributed by atoms with Crippen molar-refractivity contribution >= 4 is 0 Å². The molecule has 0 aliphatic carbocycles. The third-order valence-electron chi connectivity index (χ3n) is 3.47. The summed E-state index contributed by atoms with van der Waals surface area (Å²) < 4.78 is 5.95. The normalized spacial score (nSPS) is 19.6. The minimum Gasteiger partial charge on any atom is -0.374 e.